The molecule has 0 saturated carbocycles. The summed E-state index contributed by atoms with van der Waals surface area (Å²) >= 11 is 0. The van der Waals surface area contributed by atoms with Crippen LogP contribution in [0.5, 0.6) is 5.75 Å². The number of rotatable bonds is 8. The highest BCUT2D eigenvalue weighted by Gasteiger charge is 2.13. The molecule has 0 aliphatic carbocycles. The Balaban J connectivity index is 2.28. The first-order chi connectivity index (χ1) is 9.40. The lowest BCUT2D eigenvalue weighted by Gasteiger charge is -2.22. The van der Waals surface area contributed by atoms with E-state index in [0.717, 1.165) is 11.3 Å². The van der Waals surface area contributed by atoms with Crippen molar-refractivity contribution in [3.05, 3.63) is 29.8 Å². The zero-order valence-corrected chi connectivity index (χ0v) is 13.0. The van der Waals surface area contributed by atoms with Crippen LogP contribution >= 0.6 is 0 Å². The van der Waals surface area contributed by atoms with E-state index in [1.807, 2.05) is 52.0 Å². The van der Waals surface area contributed by atoms with E-state index in [1.54, 1.807) is 0 Å². The molecular formula is C16H27NO3. The van der Waals surface area contributed by atoms with E-state index in [1.165, 1.54) is 0 Å². The molecule has 1 rings (SSSR count). The topological polar surface area (TPSA) is 50.7 Å². The first-order valence-electron chi connectivity index (χ1n) is 7.15. The lowest BCUT2D eigenvalue weighted by atomic mass is 10.2. The molecule has 0 heterocycles. The van der Waals surface area contributed by atoms with Gasteiger partial charge >= 0.3 is 0 Å². The molecule has 20 heavy (non-hydrogen) atoms. The van der Waals surface area contributed by atoms with Gasteiger partial charge in [-0.2, -0.15) is 0 Å². The third kappa shape index (κ3) is 7.48. The van der Waals surface area contributed by atoms with Crippen molar-refractivity contribution in [3.8, 4) is 5.75 Å². The second-order valence-electron chi connectivity index (χ2n) is 5.79. The van der Waals surface area contributed by atoms with E-state index in [2.05, 4.69) is 5.32 Å². The monoisotopic (exact) mass is 281 g/mol. The molecule has 0 radical (unpaired) electrons. The van der Waals surface area contributed by atoms with Crippen LogP contribution in [0.1, 0.15) is 33.3 Å². The van der Waals surface area contributed by atoms with Crippen LogP contribution in [-0.2, 0) is 11.3 Å². The summed E-state index contributed by atoms with van der Waals surface area (Å²) in [7, 11) is 0. The second kappa shape index (κ2) is 8.25. The number of hydrogen-bond acceptors (Lipinski definition) is 4. The van der Waals surface area contributed by atoms with Gasteiger partial charge in [-0.25, -0.2) is 0 Å². The molecule has 0 fully saturated rings. The summed E-state index contributed by atoms with van der Waals surface area (Å²) in [6.45, 7) is 10.1. The number of nitrogens with one attached hydrogen (secondary N) is 1. The van der Waals surface area contributed by atoms with Crippen LogP contribution in [0.3, 0.4) is 0 Å². The molecule has 0 aromatic heterocycles. The molecule has 4 nitrogen and oxygen atoms in total. The van der Waals surface area contributed by atoms with Crippen molar-refractivity contribution in [2.75, 3.05) is 19.8 Å². The molecule has 1 aromatic carbocycles. The average Bonchev–Trinajstić information content (AvgIpc) is 2.36. The molecule has 4 heteroatoms. The third-order valence-electron chi connectivity index (χ3n) is 2.63. The minimum absolute atomic E-state index is 0.215. The zero-order valence-electron chi connectivity index (χ0n) is 13.0. The van der Waals surface area contributed by atoms with Crippen LogP contribution in [0.25, 0.3) is 0 Å². The Morgan fingerprint density at radius 3 is 2.70 bits per heavy atom. The molecule has 1 atom stereocenters. The molecular weight excluding hydrogens is 254 g/mol. The fourth-order valence-corrected chi connectivity index (χ4v) is 1.70. The average molecular weight is 281 g/mol. The van der Waals surface area contributed by atoms with Crippen LogP contribution in [0.4, 0.5) is 0 Å². The fourth-order valence-electron chi connectivity index (χ4n) is 1.70. The molecule has 0 aliphatic rings. The van der Waals surface area contributed by atoms with E-state index in [9.17, 15) is 5.11 Å². The standard InChI is InChI=1S/C16H27NO3/c1-5-19-15-8-6-7-13(9-15)10-17-11-14(18)12-20-16(2,3)4/h6-9,14,17-18H,5,10-12H2,1-4H3. The molecule has 0 aliphatic heterocycles. The zero-order chi connectivity index (χ0) is 15.0. The molecule has 0 saturated heterocycles. The summed E-state index contributed by atoms with van der Waals surface area (Å²) in [5.41, 5.74) is 0.923. The Hall–Kier alpha value is -1.10. The van der Waals surface area contributed by atoms with Gasteiger partial charge in [-0.15, -0.1) is 0 Å². The molecule has 0 amide bonds. The first kappa shape index (κ1) is 17.0. The quantitative estimate of drug-likeness (QED) is 0.768. The van der Waals surface area contributed by atoms with Crippen molar-refractivity contribution in [1.82, 2.24) is 5.32 Å². The SMILES string of the molecule is CCOc1cccc(CNCC(O)COC(C)(C)C)c1. The van der Waals surface area contributed by atoms with Gasteiger partial charge in [0.15, 0.2) is 0 Å². The highest BCUT2D eigenvalue weighted by atomic mass is 16.5. The van der Waals surface area contributed by atoms with Crippen LogP contribution in [0, 0.1) is 0 Å². The van der Waals surface area contributed by atoms with Crippen molar-refractivity contribution in [1.29, 1.82) is 0 Å². The van der Waals surface area contributed by atoms with Gasteiger partial charge < -0.3 is 19.9 Å². The number of aliphatic hydroxyl groups is 1. The number of hydrogen-bond donors (Lipinski definition) is 2. The third-order valence-corrected chi connectivity index (χ3v) is 2.63. The Bertz CT molecular complexity index is 388. The molecule has 2 N–H and O–H groups in total. The Kier molecular flexibility index (Phi) is 6.99. The maximum atomic E-state index is 9.82. The number of benzene rings is 1. The van der Waals surface area contributed by atoms with Gasteiger partial charge in [-0.3, -0.25) is 0 Å². The largest absolute Gasteiger partial charge is 0.494 e. The summed E-state index contributed by atoms with van der Waals surface area (Å²) in [6, 6.07) is 7.96. The van der Waals surface area contributed by atoms with Crippen molar-refractivity contribution in [3.63, 3.8) is 0 Å². The lowest BCUT2D eigenvalue weighted by molar-refractivity contribution is -0.0479. The predicted molar refractivity (Wildman–Crippen MR) is 81.0 cm³/mol. The molecule has 0 bridgehead atoms. The van der Waals surface area contributed by atoms with E-state index >= 15 is 0 Å². The fraction of sp³-hybridized carbons (Fsp3) is 0.625. The molecule has 114 valence electrons. The van der Waals surface area contributed by atoms with Crippen LogP contribution in [-0.4, -0.2) is 36.6 Å². The van der Waals surface area contributed by atoms with Crippen molar-refractivity contribution >= 4 is 0 Å². The smallest absolute Gasteiger partial charge is 0.119 e. The summed E-state index contributed by atoms with van der Waals surface area (Å²) in [6.07, 6.45) is -0.496. The Morgan fingerprint density at radius 2 is 2.05 bits per heavy atom. The van der Waals surface area contributed by atoms with E-state index in [4.69, 9.17) is 9.47 Å². The van der Waals surface area contributed by atoms with Gasteiger partial charge in [0.1, 0.15) is 5.75 Å². The normalized spacial score (nSPS) is 13.2. The van der Waals surface area contributed by atoms with Crippen LogP contribution < -0.4 is 10.1 Å². The summed E-state index contributed by atoms with van der Waals surface area (Å²) in [5, 5.41) is 13.0. The Labute approximate surface area is 122 Å². The van der Waals surface area contributed by atoms with Crippen molar-refractivity contribution in [2.45, 2.75) is 45.9 Å². The van der Waals surface area contributed by atoms with Crippen LogP contribution in [0.2, 0.25) is 0 Å². The lowest BCUT2D eigenvalue weighted by Crippen LogP contribution is -2.33. The first-order valence-corrected chi connectivity index (χ1v) is 7.15. The van der Waals surface area contributed by atoms with E-state index in [0.29, 0.717) is 26.3 Å². The highest BCUT2D eigenvalue weighted by molar-refractivity contribution is 5.28. The van der Waals surface area contributed by atoms with Gasteiger partial charge in [0.25, 0.3) is 0 Å². The van der Waals surface area contributed by atoms with Gasteiger partial charge in [-0.05, 0) is 45.4 Å². The predicted octanol–water partition coefficient (Wildman–Crippen LogP) is 2.35. The van der Waals surface area contributed by atoms with Gasteiger partial charge in [0.2, 0.25) is 0 Å². The molecule has 0 spiro atoms. The highest BCUT2D eigenvalue weighted by Crippen LogP contribution is 2.13. The summed E-state index contributed by atoms with van der Waals surface area (Å²) < 4.78 is 11.0. The number of ether oxygens (including phenoxy) is 2. The van der Waals surface area contributed by atoms with Crippen molar-refractivity contribution < 1.29 is 14.6 Å². The van der Waals surface area contributed by atoms with Gasteiger partial charge in [0, 0.05) is 13.1 Å². The molecule has 1 unspecified atom stereocenters. The van der Waals surface area contributed by atoms with E-state index < -0.39 is 6.10 Å². The summed E-state index contributed by atoms with van der Waals surface area (Å²) in [4.78, 5) is 0. The Morgan fingerprint density at radius 1 is 1.30 bits per heavy atom. The molecule has 1 aromatic rings. The minimum Gasteiger partial charge on any atom is -0.494 e. The minimum atomic E-state index is -0.496. The van der Waals surface area contributed by atoms with E-state index in [-0.39, 0.29) is 5.60 Å². The van der Waals surface area contributed by atoms with Crippen molar-refractivity contribution in [2.24, 2.45) is 0 Å². The van der Waals surface area contributed by atoms with Gasteiger partial charge in [-0.1, -0.05) is 12.1 Å². The van der Waals surface area contributed by atoms with Crippen LogP contribution in [0.15, 0.2) is 24.3 Å². The number of aliphatic hydroxyl groups excluding tert-OH is 1. The maximum Gasteiger partial charge on any atom is 0.119 e. The second-order valence-corrected chi connectivity index (χ2v) is 5.79. The maximum absolute atomic E-state index is 9.82. The van der Waals surface area contributed by atoms with Gasteiger partial charge in [0.05, 0.1) is 24.9 Å². The summed E-state index contributed by atoms with van der Waals surface area (Å²) in [5.74, 6) is 0.878.